The molecule has 0 aliphatic heterocycles. The number of carbonyl (C=O) groups excluding carboxylic acids is 1. The normalized spacial score (nSPS) is 10.6. The number of nitrogens with one attached hydrogen (secondary N) is 1. The summed E-state index contributed by atoms with van der Waals surface area (Å²) in [5, 5.41) is 3.36. The molecule has 6 heteroatoms. The molecule has 1 N–H and O–H groups in total. The summed E-state index contributed by atoms with van der Waals surface area (Å²) in [6.07, 6.45) is 1.72. The minimum Gasteiger partial charge on any atom is -0.497 e. The molecule has 0 saturated carbocycles. The smallest absolute Gasteiger partial charge is 0.262 e. The number of rotatable bonds is 7. The predicted octanol–water partition coefficient (Wildman–Crippen LogP) is 5.12. The Kier molecular flexibility index (Phi) is 6.65. The van der Waals surface area contributed by atoms with Crippen LogP contribution in [-0.4, -0.2) is 25.8 Å². The maximum Gasteiger partial charge on any atom is 0.262 e. The van der Waals surface area contributed by atoms with E-state index in [1.54, 1.807) is 55.8 Å². The quantitative estimate of drug-likeness (QED) is 0.566. The first kappa shape index (κ1) is 19.5. The molecule has 3 rings (SSSR count). The molecule has 142 valence electrons. The molecule has 0 saturated heterocycles. The minimum absolute atomic E-state index is 0.0842. The molecule has 28 heavy (non-hydrogen) atoms. The van der Waals surface area contributed by atoms with Crippen LogP contribution in [0.4, 0.5) is 11.4 Å². The van der Waals surface area contributed by atoms with Gasteiger partial charge in [0.05, 0.1) is 17.8 Å². The zero-order valence-electron chi connectivity index (χ0n) is 15.3. The van der Waals surface area contributed by atoms with E-state index in [1.165, 1.54) is 0 Å². The Hall–Kier alpha value is -3.31. The van der Waals surface area contributed by atoms with Gasteiger partial charge in [0.1, 0.15) is 11.5 Å². The third kappa shape index (κ3) is 5.59. The second-order valence-corrected chi connectivity index (χ2v) is 6.25. The summed E-state index contributed by atoms with van der Waals surface area (Å²) in [6, 6.07) is 21.8. The molecule has 5 nitrogen and oxygen atoms in total. The van der Waals surface area contributed by atoms with Gasteiger partial charge < -0.3 is 14.8 Å². The second-order valence-electron chi connectivity index (χ2n) is 5.84. The van der Waals surface area contributed by atoms with Crippen LogP contribution < -0.4 is 14.8 Å². The van der Waals surface area contributed by atoms with Gasteiger partial charge >= 0.3 is 0 Å². The second kappa shape index (κ2) is 9.58. The van der Waals surface area contributed by atoms with Gasteiger partial charge in [-0.3, -0.25) is 9.79 Å². The lowest BCUT2D eigenvalue weighted by molar-refractivity contribution is -0.118. The van der Waals surface area contributed by atoms with E-state index in [-0.39, 0.29) is 12.5 Å². The van der Waals surface area contributed by atoms with Gasteiger partial charge in [-0.2, -0.15) is 0 Å². The van der Waals surface area contributed by atoms with Crippen LogP contribution in [0.2, 0.25) is 5.02 Å². The maximum absolute atomic E-state index is 12.0. The lowest BCUT2D eigenvalue weighted by Gasteiger charge is -2.08. The summed E-state index contributed by atoms with van der Waals surface area (Å²) >= 11 is 6.08. The lowest BCUT2D eigenvalue weighted by atomic mass is 10.2. The van der Waals surface area contributed by atoms with Crippen LogP contribution in [0.3, 0.4) is 0 Å². The molecule has 0 aliphatic rings. The zero-order valence-corrected chi connectivity index (χ0v) is 16.0. The van der Waals surface area contributed by atoms with E-state index in [2.05, 4.69) is 10.3 Å². The summed E-state index contributed by atoms with van der Waals surface area (Å²) in [7, 11) is 1.59. The number of anilines is 1. The van der Waals surface area contributed by atoms with Crippen molar-refractivity contribution < 1.29 is 14.3 Å². The van der Waals surface area contributed by atoms with Crippen LogP contribution in [0, 0.1) is 0 Å². The Labute approximate surface area is 168 Å². The molecule has 0 unspecified atom stereocenters. The van der Waals surface area contributed by atoms with E-state index < -0.39 is 0 Å². The van der Waals surface area contributed by atoms with Gasteiger partial charge in [0.2, 0.25) is 0 Å². The van der Waals surface area contributed by atoms with Crippen LogP contribution in [0.15, 0.2) is 77.8 Å². The first-order chi connectivity index (χ1) is 13.6. The maximum atomic E-state index is 12.0. The van der Waals surface area contributed by atoms with Crippen molar-refractivity contribution in [1.29, 1.82) is 0 Å². The van der Waals surface area contributed by atoms with E-state index in [4.69, 9.17) is 21.1 Å². The van der Waals surface area contributed by atoms with E-state index in [1.807, 2.05) is 30.3 Å². The third-order valence-electron chi connectivity index (χ3n) is 3.83. The van der Waals surface area contributed by atoms with E-state index in [9.17, 15) is 4.79 Å². The molecule has 0 atom stereocenters. The highest BCUT2D eigenvalue weighted by Crippen LogP contribution is 2.23. The van der Waals surface area contributed by atoms with Crippen molar-refractivity contribution in [2.75, 3.05) is 19.0 Å². The first-order valence-corrected chi connectivity index (χ1v) is 8.97. The largest absolute Gasteiger partial charge is 0.497 e. The van der Waals surface area contributed by atoms with Crippen molar-refractivity contribution in [3.63, 3.8) is 0 Å². The Balaban J connectivity index is 1.51. The first-order valence-electron chi connectivity index (χ1n) is 8.59. The van der Waals surface area contributed by atoms with Gasteiger partial charge in [0.15, 0.2) is 6.61 Å². The predicted molar refractivity (Wildman–Crippen MR) is 112 cm³/mol. The van der Waals surface area contributed by atoms with Crippen LogP contribution in [0.25, 0.3) is 0 Å². The molecular weight excluding hydrogens is 376 g/mol. The summed E-state index contributed by atoms with van der Waals surface area (Å²) in [6.45, 7) is -0.0842. The number of amides is 1. The molecule has 3 aromatic rings. The molecule has 0 aromatic heterocycles. The summed E-state index contributed by atoms with van der Waals surface area (Å²) in [5.41, 5.74) is 2.29. The van der Waals surface area contributed by atoms with E-state index >= 15 is 0 Å². The molecule has 0 bridgehead atoms. The van der Waals surface area contributed by atoms with Gasteiger partial charge in [-0.05, 0) is 66.2 Å². The Morgan fingerprint density at radius 2 is 1.68 bits per heavy atom. The van der Waals surface area contributed by atoms with Crippen molar-refractivity contribution >= 4 is 35.1 Å². The Bertz CT molecular complexity index is 954. The molecule has 0 radical (unpaired) electrons. The van der Waals surface area contributed by atoms with Crippen LogP contribution in [0.5, 0.6) is 11.5 Å². The molecule has 0 heterocycles. The fourth-order valence-corrected chi connectivity index (χ4v) is 2.56. The van der Waals surface area contributed by atoms with Crippen molar-refractivity contribution in [1.82, 2.24) is 0 Å². The number of hydrogen-bond donors (Lipinski definition) is 1. The minimum atomic E-state index is -0.241. The van der Waals surface area contributed by atoms with Crippen molar-refractivity contribution in [2.45, 2.75) is 0 Å². The topological polar surface area (TPSA) is 59.9 Å². The number of aliphatic imine (C=N–C) groups is 1. The van der Waals surface area contributed by atoms with Gasteiger partial charge in [0, 0.05) is 11.9 Å². The van der Waals surface area contributed by atoms with Crippen LogP contribution in [-0.2, 0) is 4.79 Å². The highest BCUT2D eigenvalue weighted by molar-refractivity contribution is 6.33. The number of carbonyl (C=O) groups is 1. The number of benzene rings is 3. The molecule has 0 spiro atoms. The molecule has 1 amide bonds. The fraction of sp³-hybridized carbons (Fsp3) is 0.0909. The molecule has 0 fully saturated rings. The highest BCUT2D eigenvalue weighted by atomic mass is 35.5. The average molecular weight is 395 g/mol. The van der Waals surface area contributed by atoms with Crippen molar-refractivity contribution in [3.05, 3.63) is 83.4 Å². The highest BCUT2D eigenvalue weighted by Gasteiger charge is 2.04. The van der Waals surface area contributed by atoms with Gasteiger partial charge in [-0.25, -0.2) is 0 Å². The number of halogens is 1. The van der Waals surface area contributed by atoms with Gasteiger partial charge in [-0.15, -0.1) is 0 Å². The molecule has 3 aromatic carbocycles. The van der Waals surface area contributed by atoms with Crippen molar-refractivity contribution in [2.24, 2.45) is 4.99 Å². The van der Waals surface area contributed by atoms with Gasteiger partial charge in [0.25, 0.3) is 5.91 Å². The number of para-hydroxylation sites is 1. The standard InChI is InChI=1S/C22H19ClN2O3/c1-27-18-12-8-17(9-13-18)25-22(26)15-28-19-10-6-16(7-11-19)14-24-21-5-3-2-4-20(21)23/h2-14H,15H2,1H3,(H,25,26). The number of hydrogen-bond acceptors (Lipinski definition) is 4. The van der Waals surface area contributed by atoms with Gasteiger partial charge in [-0.1, -0.05) is 23.7 Å². The summed E-state index contributed by atoms with van der Waals surface area (Å²) in [5.74, 6) is 1.08. The lowest BCUT2D eigenvalue weighted by Crippen LogP contribution is -2.20. The van der Waals surface area contributed by atoms with Crippen LogP contribution >= 0.6 is 11.6 Å². The fourth-order valence-electron chi connectivity index (χ4n) is 2.37. The Morgan fingerprint density at radius 1 is 1.00 bits per heavy atom. The monoisotopic (exact) mass is 394 g/mol. The molecular formula is C22H19ClN2O3. The average Bonchev–Trinajstić information content (AvgIpc) is 2.73. The molecule has 0 aliphatic carbocycles. The van der Waals surface area contributed by atoms with Crippen molar-refractivity contribution in [3.8, 4) is 11.5 Å². The summed E-state index contributed by atoms with van der Waals surface area (Å²) in [4.78, 5) is 16.4. The SMILES string of the molecule is COc1ccc(NC(=O)COc2ccc(C=Nc3ccccc3Cl)cc2)cc1. The number of nitrogens with zero attached hydrogens (tertiary/aromatic N) is 1. The Morgan fingerprint density at radius 3 is 2.36 bits per heavy atom. The van der Waals surface area contributed by atoms with E-state index in [0.29, 0.717) is 22.1 Å². The van der Waals surface area contributed by atoms with Crippen LogP contribution in [0.1, 0.15) is 5.56 Å². The number of methoxy groups -OCH3 is 1. The summed E-state index contributed by atoms with van der Waals surface area (Å²) < 4.78 is 10.6. The third-order valence-corrected chi connectivity index (χ3v) is 4.15. The van der Waals surface area contributed by atoms with E-state index in [0.717, 1.165) is 11.3 Å². The zero-order chi connectivity index (χ0) is 19.8. The number of ether oxygens (including phenoxy) is 2.